The number of anilines is 1. The zero-order chi connectivity index (χ0) is 13.4. The van der Waals surface area contributed by atoms with Crippen molar-refractivity contribution in [2.45, 2.75) is 64.0 Å². The molecule has 3 rings (SSSR count). The molecule has 5 heteroatoms. The van der Waals surface area contributed by atoms with Gasteiger partial charge in [0.25, 0.3) is 0 Å². The molecule has 19 heavy (non-hydrogen) atoms. The molecule has 0 unspecified atom stereocenters. The summed E-state index contributed by atoms with van der Waals surface area (Å²) in [6.07, 6.45) is 9.13. The summed E-state index contributed by atoms with van der Waals surface area (Å²) in [6.45, 7) is 2.31. The summed E-state index contributed by atoms with van der Waals surface area (Å²) in [5.41, 5.74) is 0. The summed E-state index contributed by atoms with van der Waals surface area (Å²) < 4.78 is 3.01. The Morgan fingerprint density at radius 3 is 2.53 bits per heavy atom. The second-order valence-electron chi connectivity index (χ2n) is 6.12. The standard InChI is InChI=1S/C14H24N4S/c1-3-10-4-6-11(7-5-10)17(2)13-15-16-14(19)18(13)12-8-9-12/h10-12H,3-9H2,1-2H3,(H,16,19). The van der Waals surface area contributed by atoms with Crippen LogP contribution in [0.25, 0.3) is 0 Å². The third-order valence-electron chi connectivity index (χ3n) is 4.85. The fourth-order valence-electron chi connectivity index (χ4n) is 3.31. The van der Waals surface area contributed by atoms with E-state index in [1.165, 1.54) is 44.9 Å². The molecule has 0 atom stereocenters. The van der Waals surface area contributed by atoms with Gasteiger partial charge in [-0.1, -0.05) is 13.3 Å². The van der Waals surface area contributed by atoms with Crippen molar-refractivity contribution in [2.75, 3.05) is 11.9 Å². The number of nitrogens with one attached hydrogen (secondary N) is 1. The molecule has 2 saturated carbocycles. The quantitative estimate of drug-likeness (QED) is 0.855. The van der Waals surface area contributed by atoms with Crippen LogP contribution in [-0.4, -0.2) is 27.9 Å². The first-order valence-corrected chi connectivity index (χ1v) is 8.01. The number of nitrogens with zero attached hydrogens (tertiary/aromatic N) is 3. The molecule has 1 heterocycles. The van der Waals surface area contributed by atoms with E-state index in [0.29, 0.717) is 12.1 Å². The Kier molecular flexibility index (Phi) is 3.65. The van der Waals surface area contributed by atoms with Gasteiger partial charge in [-0.3, -0.25) is 4.57 Å². The Hall–Kier alpha value is -0.840. The van der Waals surface area contributed by atoms with Crippen molar-refractivity contribution in [3.63, 3.8) is 0 Å². The van der Waals surface area contributed by atoms with Gasteiger partial charge in [-0.2, -0.15) is 0 Å². The predicted octanol–water partition coefficient (Wildman–Crippen LogP) is 3.68. The number of aromatic nitrogens is 3. The van der Waals surface area contributed by atoms with Gasteiger partial charge >= 0.3 is 0 Å². The van der Waals surface area contributed by atoms with Gasteiger partial charge in [0.05, 0.1) is 0 Å². The van der Waals surface area contributed by atoms with Gasteiger partial charge in [0.15, 0.2) is 4.77 Å². The normalized spacial score (nSPS) is 27.5. The van der Waals surface area contributed by atoms with Crippen LogP contribution in [-0.2, 0) is 0 Å². The summed E-state index contributed by atoms with van der Waals surface area (Å²) in [5.74, 6) is 1.99. The van der Waals surface area contributed by atoms with Crippen LogP contribution in [0.15, 0.2) is 0 Å². The van der Waals surface area contributed by atoms with Crippen LogP contribution in [0.1, 0.15) is 57.9 Å². The van der Waals surface area contributed by atoms with E-state index in [-0.39, 0.29) is 0 Å². The Bertz CT molecular complexity index is 480. The van der Waals surface area contributed by atoms with Crippen molar-refractivity contribution in [3.8, 4) is 0 Å². The maximum atomic E-state index is 5.37. The third-order valence-corrected chi connectivity index (χ3v) is 5.14. The molecule has 0 aromatic carbocycles. The van der Waals surface area contributed by atoms with E-state index in [1.807, 2.05) is 0 Å². The SMILES string of the molecule is CCC1CCC(N(C)c2n[nH]c(=S)n2C2CC2)CC1. The summed E-state index contributed by atoms with van der Waals surface area (Å²) in [5, 5.41) is 7.44. The van der Waals surface area contributed by atoms with Crippen molar-refractivity contribution < 1.29 is 0 Å². The number of aromatic amines is 1. The smallest absolute Gasteiger partial charge is 0.225 e. The fraction of sp³-hybridized carbons (Fsp3) is 0.857. The largest absolute Gasteiger partial charge is 0.341 e. The lowest BCUT2D eigenvalue weighted by molar-refractivity contribution is 0.311. The highest BCUT2D eigenvalue weighted by Gasteiger charge is 2.31. The molecule has 2 aliphatic carbocycles. The zero-order valence-corrected chi connectivity index (χ0v) is 12.7. The maximum Gasteiger partial charge on any atom is 0.225 e. The van der Waals surface area contributed by atoms with Crippen LogP contribution in [0, 0.1) is 10.7 Å². The lowest BCUT2D eigenvalue weighted by atomic mass is 9.84. The highest BCUT2D eigenvalue weighted by molar-refractivity contribution is 7.71. The zero-order valence-electron chi connectivity index (χ0n) is 11.9. The topological polar surface area (TPSA) is 36.9 Å². The molecule has 2 aliphatic rings. The van der Waals surface area contributed by atoms with Crippen molar-refractivity contribution in [1.29, 1.82) is 0 Å². The summed E-state index contributed by atoms with van der Waals surface area (Å²) in [6, 6.07) is 1.22. The molecule has 1 aromatic rings. The first kappa shape index (κ1) is 13.2. The van der Waals surface area contributed by atoms with Gasteiger partial charge < -0.3 is 4.90 Å². The highest BCUT2D eigenvalue weighted by Crippen LogP contribution is 2.39. The second kappa shape index (κ2) is 5.27. The van der Waals surface area contributed by atoms with Crippen LogP contribution in [0.4, 0.5) is 5.95 Å². The van der Waals surface area contributed by atoms with E-state index in [2.05, 4.69) is 33.6 Å². The van der Waals surface area contributed by atoms with Gasteiger partial charge in [-0.15, -0.1) is 5.10 Å². The molecule has 0 radical (unpaired) electrons. The van der Waals surface area contributed by atoms with E-state index >= 15 is 0 Å². The number of hydrogen-bond donors (Lipinski definition) is 1. The van der Waals surface area contributed by atoms with Crippen LogP contribution in [0.5, 0.6) is 0 Å². The molecule has 2 fully saturated rings. The highest BCUT2D eigenvalue weighted by atomic mass is 32.1. The number of H-pyrrole nitrogens is 1. The van der Waals surface area contributed by atoms with Gasteiger partial charge in [-0.05, 0) is 56.7 Å². The van der Waals surface area contributed by atoms with Crippen molar-refractivity contribution in [2.24, 2.45) is 5.92 Å². The predicted molar refractivity (Wildman–Crippen MR) is 80.1 cm³/mol. The first-order chi connectivity index (χ1) is 9.20. The molecule has 0 aliphatic heterocycles. The Labute approximate surface area is 120 Å². The van der Waals surface area contributed by atoms with Gasteiger partial charge in [0.1, 0.15) is 0 Å². The monoisotopic (exact) mass is 280 g/mol. The van der Waals surface area contributed by atoms with Crippen LogP contribution in [0.3, 0.4) is 0 Å². The fourth-order valence-corrected chi connectivity index (χ4v) is 3.59. The van der Waals surface area contributed by atoms with Gasteiger partial charge in [0, 0.05) is 19.1 Å². The van der Waals surface area contributed by atoms with E-state index in [0.717, 1.165) is 16.6 Å². The van der Waals surface area contributed by atoms with Crippen LogP contribution >= 0.6 is 12.2 Å². The number of hydrogen-bond acceptors (Lipinski definition) is 3. The lowest BCUT2D eigenvalue weighted by Crippen LogP contribution is -2.36. The van der Waals surface area contributed by atoms with E-state index in [1.54, 1.807) is 0 Å². The minimum atomic E-state index is 0.593. The Morgan fingerprint density at radius 1 is 1.26 bits per heavy atom. The second-order valence-corrected chi connectivity index (χ2v) is 6.51. The average molecular weight is 280 g/mol. The molecular weight excluding hydrogens is 256 g/mol. The maximum absolute atomic E-state index is 5.37. The third kappa shape index (κ3) is 2.57. The molecule has 4 nitrogen and oxygen atoms in total. The molecule has 0 saturated heterocycles. The minimum Gasteiger partial charge on any atom is -0.341 e. The van der Waals surface area contributed by atoms with E-state index in [4.69, 9.17) is 12.2 Å². The van der Waals surface area contributed by atoms with Crippen molar-refractivity contribution in [1.82, 2.24) is 14.8 Å². The minimum absolute atomic E-state index is 0.593. The summed E-state index contributed by atoms with van der Waals surface area (Å²) in [7, 11) is 2.18. The Morgan fingerprint density at radius 2 is 1.95 bits per heavy atom. The molecule has 0 spiro atoms. The first-order valence-electron chi connectivity index (χ1n) is 7.60. The summed E-state index contributed by atoms with van der Waals surface area (Å²) in [4.78, 5) is 2.36. The molecule has 0 amide bonds. The summed E-state index contributed by atoms with van der Waals surface area (Å²) >= 11 is 5.37. The molecule has 1 N–H and O–H groups in total. The Balaban J connectivity index is 1.74. The molecule has 1 aromatic heterocycles. The molecular formula is C14H24N4S. The molecule has 106 valence electrons. The van der Waals surface area contributed by atoms with E-state index in [9.17, 15) is 0 Å². The number of rotatable bonds is 4. The van der Waals surface area contributed by atoms with Crippen LogP contribution < -0.4 is 4.90 Å². The van der Waals surface area contributed by atoms with Gasteiger partial charge in [-0.25, -0.2) is 5.10 Å². The molecule has 0 bridgehead atoms. The van der Waals surface area contributed by atoms with Crippen molar-refractivity contribution in [3.05, 3.63) is 4.77 Å². The average Bonchev–Trinajstić information content (AvgIpc) is 3.21. The van der Waals surface area contributed by atoms with Crippen LogP contribution in [0.2, 0.25) is 0 Å². The van der Waals surface area contributed by atoms with Crippen molar-refractivity contribution >= 4 is 18.2 Å². The lowest BCUT2D eigenvalue weighted by Gasteiger charge is -2.34. The van der Waals surface area contributed by atoms with E-state index < -0.39 is 0 Å². The van der Waals surface area contributed by atoms with Gasteiger partial charge in [0.2, 0.25) is 5.95 Å².